The van der Waals surface area contributed by atoms with Gasteiger partial charge >= 0.3 is 0 Å². The topological polar surface area (TPSA) is 99.6 Å². The van der Waals surface area contributed by atoms with E-state index in [1.807, 2.05) is 48.5 Å². The van der Waals surface area contributed by atoms with Crippen molar-refractivity contribution in [2.45, 2.75) is 51.7 Å². The van der Waals surface area contributed by atoms with Gasteiger partial charge in [0.25, 0.3) is 5.91 Å². The lowest BCUT2D eigenvalue weighted by atomic mass is 9.87. The zero-order valence-electron chi connectivity index (χ0n) is 22.9. The fourth-order valence-electron chi connectivity index (χ4n) is 5.19. The van der Waals surface area contributed by atoms with Crippen LogP contribution in [0.3, 0.4) is 0 Å². The number of hydrogen-bond acceptors (Lipinski definition) is 7. The van der Waals surface area contributed by atoms with Gasteiger partial charge in [-0.3, -0.25) is 4.79 Å². The summed E-state index contributed by atoms with van der Waals surface area (Å²) in [5.41, 5.74) is 3.34. The van der Waals surface area contributed by atoms with Crippen LogP contribution < -0.4 is 20.3 Å². The van der Waals surface area contributed by atoms with Crippen LogP contribution in [0.25, 0.3) is 10.8 Å². The van der Waals surface area contributed by atoms with Crippen molar-refractivity contribution in [3.8, 4) is 11.6 Å². The number of hydrogen-bond donors (Lipinski definition) is 3. The number of fused-ring (bicyclic) bond motifs is 2. The molecule has 0 fully saturated rings. The monoisotopic (exact) mass is 525 g/mol. The van der Waals surface area contributed by atoms with Gasteiger partial charge in [-0.15, -0.1) is 0 Å². The van der Waals surface area contributed by atoms with E-state index >= 15 is 0 Å². The molecular weight excluding hydrogens is 490 g/mol. The molecule has 1 atom stereocenters. The Bertz CT molecular complexity index is 1500. The van der Waals surface area contributed by atoms with E-state index in [9.17, 15) is 9.90 Å². The minimum atomic E-state index is -0.543. The van der Waals surface area contributed by atoms with Crippen LogP contribution in [-0.2, 0) is 5.41 Å². The van der Waals surface area contributed by atoms with Crippen LogP contribution in [0.1, 0.15) is 56.0 Å². The van der Waals surface area contributed by atoms with Crippen LogP contribution >= 0.6 is 0 Å². The number of nitrogens with one attached hydrogen (secondary N) is 2. The number of rotatable bonds is 9. The van der Waals surface area contributed by atoms with E-state index in [0.29, 0.717) is 28.8 Å². The minimum Gasteiger partial charge on any atom is -0.439 e. The van der Waals surface area contributed by atoms with Crippen LogP contribution in [0.5, 0.6) is 11.6 Å². The highest BCUT2D eigenvalue weighted by molar-refractivity contribution is 6.13. The molecule has 0 saturated heterocycles. The molecule has 5 rings (SSSR count). The smallest absolute Gasteiger partial charge is 0.256 e. The Hall–Kier alpha value is -4.17. The van der Waals surface area contributed by atoms with Gasteiger partial charge < -0.3 is 25.4 Å². The maximum atomic E-state index is 13.4. The third kappa shape index (κ3) is 5.52. The Morgan fingerprint density at radius 1 is 1.15 bits per heavy atom. The van der Waals surface area contributed by atoms with Gasteiger partial charge in [-0.25, -0.2) is 4.98 Å². The number of unbranched alkanes of at least 4 members (excludes halogenated alkanes) is 1. The van der Waals surface area contributed by atoms with Crippen LogP contribution in [0.4, 0.5) is 17.3 Å². The van der Waals surface area contributed by atoms with E-state index in [2.05, 4.69) is 52.3 Å². The predicted octanol–water partition coefficient (Wildman–Crippen LogP) is 6.32. The second-order valence-corrected chi connectivity index (χ2v) is 10.6. The molecular formula is C31H35N5O3. The first kappa shape index (κ1) is 26.4. The predicted molar refractivity (Wildman–Crippen MR) is 156 cm³/mol. The number of nitrogens with zero attached hydrogens (tertiary/aromatic N) is 3. The molecule has 1 amide bonds. The highest BCUT2D eigenvalue weighted by Crippen LogP contribution is 2.43. The van der Waals surface area contributed by atoms with E-state index in [0.717, 1.165) is 42.3 Å². The van der Waals surface area contributed by atoms with Crippen molar-refractivity contribution in [2.75, 3.05) is 29.1 Å². The maximum Gasteiger partial charge on any atom is 0.256 e. The Labute approximate surface area is 229 Å². The Balaban J connectivity index is 1.38. The number of aromatic nitrogens is 2. The SMILES string of the molecule is CCCCC(O)N1CC(C)(C)c2ccc(NC(=O)c3cccc4cc(Oc5ccnc(NC)n5)ccc34)cc21. The summed E-state index contributed by atoms with van der Waals surface area (Å²) in [5.74, 6) is 1.32. The molecule has 39 heavy (non-hydrogen) atoms. The quantitative estimate of drug-likeness (QED) is 0.235. The summed E-state index contributed by atoms with van der Waals surface area (Å²) in [4.78, 5) is 23.9. The number of anilines is 3. The molecule has 8 heteroatoms. The summed E-state index contributed by atoms with van der Waals surface area (Å²) in [5, 5.41) is 18.6. The molecule has 0 radical (unpaired) electrons. The molecule has 1 aliphatic heterocycles. The second kappa shape index (κ2) is 10.9. The van der Waals surface area contributed by atoms with Crippen LogP contribution in [0, 0.1) is 0 Å². The molecule has 0 saturated carbocycles. The zero-order chi connectivity index (χ0) is 27.6. The number of aliphatic hydroxyl groups is 1. The molecule has 3 N–H and O–H groups in total. The fourth-order valence-corrected chi connectivity index (χ4v) is 5.19. The largest absolute Gasteiger partial charge is 0.439 e. The average Bonchev–Trinajstić information content (AvgIpc) is 3.21. The van der Waals surface area contributed by atoms with E-state index in [4.69, 9.17) is 4.74 Å². The lowest BCUT2D eigenvalue weighted by molar-refractivity contribution is 0.102. The van der Waals surface area contributed by atoms with Crippen molar-refractivity contribution in [3.05, 3.63) is 78.0 Å². The molecule has 202 valence electrons. The van der Waals surface area contributed by atoms with Crippen LogP contribution in [0.2, 0.25) is 0 Å². The van der Waals surface area contributed by atoms with Gasteiger partial charge in [-0.05, 0) is 65.6 Å². The number of aliphatic hydroxyl groups excluding tert-OH is 1. The molecule has 1 aromatic heterocycles. The van der Waals surface area contributed by atoms with Gasteiger partial charge in [0.1, 0.15) is 12.0 Å². The van der Waals surface area contributed by atoms with Crippen molar-refractivity contribution in [2.24, 2.45) is 0 Å². The van der Waals surface area contributed by atoms with Crippen molar-refractivity contribution in [1.82, 2.24) is 9.97 Å². The molecule has 4 aromatic rings. The molecule has 1 aliphatic rings. The first-order chi connectivity index (χ1) is 18.8. The van der Waals surface area contributed by atoms with Crippen molar-refractivity contribution in [3.63, 3.8) is 0 Å². The van der Waals surface area contributed by atoms with Gasteiger partial charge in [0.2, 0.25) is 11.8 Å². The Morgan fingerprint density at radius 2 is 2.00 bits per heavy atom. The number of amides is 1. The number of carbonyl (C=O) groups excluding carboxylic acids is 1. The molecule has 0 aliphatic carbocycles. The maximum absolute atomic E-state index is 13.4. The minimum absolute atomic E-state index is 0.0825. The van der Waals surface area contributed by atoms with Gasteiger partial charge in [0.15, 0.2) is 0 Å². The van der Waals surface area contributed by atoms with E-state index in [1.54, 1.807) is 19.3 Å². The summed E-state index contributed by atoms with van der Waals surface area (Å²) < 4.78 is 5.92. The third-order valence-corrected chi connectivity index (χ3v) is 7.21. The lowest BCUT2D eigenvalue weighted by Crippen LogP contribution is -2.37. The standard InChI is InChI=1S/C31H35N5O3/c1-5-6-10-28(37)36-19-31(2,3)25-14-11-21(18-26(25)36)34-29(38)24-9-7-8-20-17-22(12-13-23(20)24)39-27-15-16-33-30(32-4)35-27/h7-9,11-18,28,37H,5-6,10,19H2,1-4H3,(H,34,38)(H,32,33,35). The first-order valence-corrected chi connectivity index (χ1v) is 13.4. The van der Waals surface area contributed by atoms with E-state index in [-0.39, 0.29) is 11.3 Å². The van der Waals surface area contributed by atoms with Gasteiger partial charge in [-0.1, -0.05) is 45.4 Å². The number of benzene rings is 3. The molecule has 2 heterocycles. The van der Waals surface area contributed by atoms with Gasteiger partial charge in [0, 0.05) is 48.2 Å². The molecule has 0 bridgehead atoms. The van der Waals surface area contributed by atoms with Crippen molar-refractivity contribution in [1.29, 1.82) is 0 Å². The fraction of sp³-hybridized carbons (Fsp3) is 0.323. The number of ether oxygens (including phenoxy) is 1. The molecule has 8 nitrogen and oxygen atoms in total. The second-order valence-electron chi connectivity index (χ2n) is 10.6. The summed E-state index contributed by atoms with van der Waals surface area (Å²) in [7, 11) is 1.75. The normalized spacial score (nSPS) is 14.6. The highest BCUT2D eigenvalue weighted by Gasteiger charge is 2.37. The molecule has 1 unspecified atom stereocenters. The van der Waals surface area contributed by atoms with Crippen LogP contribution in [0.15, 0.2) is 66.9 Å². The summed E-state index contributed by atoms with van der Waals surface area (Å²) in [6.07, 6.45) is 3.81. The van der Waals surface area contributed by atoms with E-state index in [1.165, 1.54) is 5.56 Å². The third-order valence-electron chi connectivity index (χ3n) is 7.21. The Kier molecular flexibility index (Phi) is 7.39. The lowest BCUT2D eigenvalue weighted by Gasteiger charge is -2.28. The van der Waals surface area contributed by atoms with Gasteiger partial charge in [-0.2, -0.15) is 4.98 Å². The average molecular weight is 526 g/mol. The molecule has 3 aromatic carbocycles. The van der Waals surface area contributed by atoms with Crippen LogP contribution in [-0.4, -0.2) is 40.8 Å². The summed E-state index contributed by atoms with van der Waals surface area (Å²) in [6.45, 7) is 7.25. The first-order valence-electron chi connectivity index (χ1n) is 13.4. The zero-order valence-corrected chi connectivity index (χ0v) is 22.9. The summed E-state index contributed by atoms with van der Waals surface area (Å²) >= 11 is 0. The van der Waals surface area contributed by atoms with Gasteiger partial charge in [0.05, 0.1) is 0 Å². The molecule has 0 spiro atoms. The van der Waals surface area contributed by atoms with E-state index < -0.39 is 6.23 Å². The number of carbonyl (C=O) groups is 1. The summed E-state index contributed by atoms with van der Waals surface area (Å²) in [6, 6.07) is 18.9. The van der Waals surface area contributed by atoms with Crippen molar-refractivity contribution >= 4 is 34.0 Å². The highest BCUT2D eigenvalue weighted by atomic mass is 16.5. The van der Waals surface area contributed by atoms with Crippen molar-refractivity contribution < 1.29 is 14.6 Å². The Morgan fingerprint density at radius 3 is 2.79 bits per heavy atom.